The number of hydrogen-bond acceptors (Lipinski definition) is 5. The lowest BCUT2D eigenvalue weighted by atomic mass is 10.1. The number of hydrogen-bond donors (Lipinski definition) is 2. The normalized spacial score (nSPS) is 21.6. The third kappa shape index (κ3) is 3.73. The maximum atomic E-state index is 5.59. The fourth-order valence-electron chi connectivity index (χ4n) is 2.20. The largest absolute Gasteiger partial charge is 0.378 e. The molecule has 1 aromatic rings. The third-order valence-corrected chi connectivity index (χ3v) is 3.14. The highest BCUT2D eigenvalue weighted by atomic mass is 16.5. The Bertz CT molecular complexity index is 314. The molecule has 0 radical (unpaired) electrons. The predicted octanol–water partition coefficient (Wildman–Crippen LogP) is 1.33. The topological polar surface area (TPSA) is 73.1 Å². The lowest BCUT2D eigenvalue weighted by molar-refractivity contribution is 0.101. The van der Waals surface area contributed by atoms with Crippen LogP contribution >= 0.6 is 0 Å². The van der Waals surface area contributed by atoms with Crippen LogP contribution in [0.25, 0.3) is 0 Å². The molecule has 1 aliphatic heterocycles. The third-order valence-electron chi connectivity index (χ3n) is 3.14. The average molecular weight is 236 g/mol. The standard InChI is InChI=1S/C12H20N4O/c13-16-11(12-14-7-3-8-15-12)6-1-4-10-5-2-9-17-10/h3,7-8,10-11,16H,1-2,4-6,9,13H2. The molecule has 0 aromatic carbocycles. The first-order valence-electron chi connectivity index (χ1n) is 6.25. The van der Waals surface area contributed by atoms with Gasteiger partial charge in [-0.25, -0.2) is 15.4 Å². The van der Waals surface area contributed by atoms with Crippen molar-refractivity contribution >= 4 is 0 Å². The quantitative estimate of drug-likeness (QED) is 0.576. The first-order chi connectivity index (χ1) is 8.40. The molecule has 94 valence electrons. The van der Waals surface area contributed by atoms with Crippen molar-refractivity contribution in [1.82, 2.24) is 15.4 Å². The summed E-state index contributed by atoms with van der Waals surface area (Å²) in [7, 11) is 0. The molecule has 0 spiro atoms. The van der Waals surface area contributed by atoms with Gasteiger partial charge in [0.2, 0.25) is 0 Å². The summed E-state index contributed by atoms with van der Waals surface area (Å²) in [4.78, 5) is 8.43. The predicted molar refractivity (Wildman–Crippen MR) is 64.9 cm³/mol. The Labute approximate surface area is 102 Å². The van der Waals surface area contributed by atoms with E-state index in [1.807, 2.05) is 6.07 Å². The number of rotatable bonds is 6. The van der Waals surface area contributed by atoms with Crippen molar-refractivity contribution in [3.05, 3.63) is 24.3 Å². The highest BCUT2D eigenvalue weighted by Gasteiger charge is 2.17. The van der Waals surface area contributed by atoms with Gasteiger partial charge in [-0.05, 0) is 38.2 Å². The zero-order valence-electron chi connectivity index (χ0n) is 10.0. The molecule has 1 saturated heterocycles. The number of aromatic nitrogens is 2. The van der Waals surface area contributed by atoms with Crippen LogP contribution in [0.3, 0.4) is 0 Å². The SMILES string of the molecule is NNC(CCCC1CCCO1)c1ncccn1. The summed E-state index contributed by atoms with van der Waals surface area (Å²) in [6.07, 6.45) is 9.46. The highest BCUT2D eigenvalue weighted by Crippen LogP contribution is 2.20. The average Bonchev–Trinajstić information content (AvgIpc) is 2.89. The number of nitrogens with zero attached hydrogens (tertiary/aromatic N) is 2. The van der Waals surface area contributed by atoms with Gasteiger partial charge in [0.25, 0.3) is 0 Å². The van der Waals surface area contributed by atoms with E-state index in [0.717, 1.165) is 31.7 Å². The zero-order chi connectivity index (χ0) is 11.9. The van der Waals surface area contributed by atoms with E-state index >= 15 is 0 Å². The van der Waals surface area contributed by atoms with E-state index in [1.165, 1.54) is 12.8 Å². The monoisotopic (exact) mass is 236 g/mol. The number of nitrogens with one attached hydrogen (secondary N) is 1. The molecule has 0 saturated carbocycles. The van der Waals surface area contributed by atoms with Gasteiger partial charge in [-0.3, -0.25) is 5.84 Å². The summed E-state index contributed by atoms with van der Waals surface area (Å²) in [6.45, 7) is 0.922. The summed E-state index contributed by atoms with van der Waals surface area (Å²) in [5.41, 5.74) is 2.78. The van der Waals surface area contributed by atoms with Gasteiger partial charge in [0, 0.05) is 19.0 Å². The smallest absolute Gasteiger partial charge is 0.146 e. The number of nitrogens with two attached hydrogens (primary N) is 1. The van der Waals surface area contributed by atoms with Crippen LogP contribution < -0.4 is 11.3 Å². The molecule has 2 heterocycles. The van der Waals surface area contributed by atoms with Crippen LogP contribution in [0, 0.1) is 0 Å². The second kappa shape index (κ2) is 6.64. The van der Waals surface area contributed by atoms with E-state index in [-0.39, 0.29) is 6.04 Å². The minimum atomic E-state index is 0.0394. The van der Waals surface area contributed by atoms with Crippen molar-refractivity contribution in [1.29, 1.82) is 0 Å². The van der Waals surface area contributed by atoms with Crippen LogP contribution in [0.2, 0.25) is 0 Å². The fraction of sp³-hybridized carbons (Fsp3) is 0.667. The maximum absolute atomic E-state index is 5.59. The van der Waals surface area contributed by atoms with Crippen molar-refractivity contribution in [2.24, 2.45) is 5.84 Å². The Morgan fingerprint density at radius 1 is 1.47 bits per heavy atom. The van der Waals surface area contributed by atoms with Crippen LogP contribution in [0.5, 0.6) is 0 Å². The van der Waals surface area contributed by atoms with Crippen LogP contribution in [0.15, 0.2) is 18.5 Å². The molecule has 0 amide bonds. The van der Waals surface area contributed by atoms with Gasteiger partial charge in [-0.15, -0.1) is 0 Å². The van der Waals surface area contributed by atoms with Gasteiger partial charge < -0.3 is 4.74 Å². The minimum absolute atomic E-state index is 0.0394. The lowest BCUT2D eigenvalue weighted by Gasteiger charge is -2.15. The van der Waals surface area contributed by atoms with Crippen molar-refractivity contribution in [2.45, 2.75) is 44.2 Å². The molecule has 2 atom stereocenters. The van der Waals surface area contributed by atoms with Gasteiger partial charge in [0.1, 0.15) is 5.82 Å². The summed E-state index contributed by atoms with van der Waals surface area (Å²) in [6, 6.07) is 1.85. The molecule has 5 heteroatoms. The van der Waals surface area contributed by atoms with Crippen molar-refractivity contribution in [3.8, 4) is 0 Å². The molecule has 0 aliphatic carbocycles. The minimum Gasteiger partial charge on any atom is -0.378 e. The molecule has 1 aromatic heterocycles. The Kier molecular flexibility index (Phi) is 4.85. The van der Waals surface area contributed by atoms with E-state index < -0.39 is 0 Å². The molecule has 1 aliphatic rings. The van der Waals surface area contributed by atoms with Gasteiger partial charge in [0.15, 0.2) is 0 Å². The van der Waals surface area contributed by atoms with E-state index in [1.54, 1.807) is 12.4 Å². The second-order valence-corrected chi connectivity index (χ2v) is 4.39. The number of ether oxygens (including phenoxy) is 1. The van der Waals surface area contributed by atoms with Gasteiger partial charge in [0.05, 0.1) is 12.1 Å². The maximum Gasteiger partial charge on any atom is 0.146 e. The summed E-state index contributed by atoms with van der Waals surface area (Å²) < 4.78 is 5.59. The summed E-state index contributed by atoms with van der Waals surface area (Å²) in [5, 5.41) is 0. The zero-order valence-corrected chi connectivity index (χ0v) is 10.0. The van der Waals surface area contributed by atoms with Crippen LogP contribution in [-0.4, -0.2) is 22.7 Å². The fourth-order valence-corrected chi connectivity index (χ4v) is 2.20. The Balaban J connectivity index is 1.75. The van der Waals surface area contributed by atoms with E-state index in [0.29, 0.717) is 6.10 Å². The summed E-state index contributed by atoms with van der Waals surface area (Å²) in [5.74, 6) is 6.30. The molecular formula is C12H20N4O. The van der Waals surface area contributed by atoms with Gasteiger partial charge in [-0.2, -0.15) is 0 Å². The van der Waals surface area contributed by atoms with E-state index in [9.17, 15) is 0 Å². The number of hydrazine groups is 1. The van der Waals surface area contributed by atoms with Gasteiger partial charge >= 0.3 is 0 Å². The lowest BCUT2D eigenvalue weighted by Crippen LogP contribution is -2.29. The van der Waals surface area contributed by atoms with Crippen molar-refractivity contribution in [3.63, 3.8) is 0 Å². The highest BCUT2D eigenvalue weighted by molar-refractivity contribution is 4.95. The molecule has 0 bridgehead atoms. The molecule has 2 rings (SSSR count). The Morgan fingerprint density at radius 2 is 2.29 bits per heavy atom. The first kappa shape index (κ1) is 12.4. The molecule has 17 heavy (non-hydrogen) atoms. The van der Waals surface area contributed by atoms with Crippen molar-refractivity contribution in [2.75, 3.05) is 6.61 Å². The Hall–Kier alpha value is -1.04. The van der Waals surface area contributed by atoms with Crippen molar-refractivity contribution < 1.29 is 4.74 Å². The van der Waals surface area contributed by atoms with Gasteiger partial charge in [-0.1, -0.05) is 0 Å². The van der Waals surface area contributed by atoms with E-state index in [2.05, 4.69) is 15.4 Å². The van der Waals surface area contributed by atoms with Crippen LogP contribution in [0.1, 0.15) is 44.0 Å². The van der Waals surface area contributed by atoms with Crippen LogP contribution in [-0.2, 0) is 4.74 Å². The molecule has 5 nitrogen and oxygen atoms in total. The molecular weight excluding hydrogens is 216 g/mol. The van der Waals surface area contributed by atoms with Crippen LogP contribution in [0.4, 0.5) is 0 Å². The molecule has 2 unspecified atom stereocenters. The van der Waals surface area contributed by atoms with E-state index in [4.69, 9.17) is 10.6 Å². The first-order valence-corrected chi connectivity index (χ1v) is 6.25. The molecule has 1 fully saturated rings. The Morgan fingerprint density at radius 3 is 2.94 bits per heavy atom. The summed E-state index contributed by atoms with van der Waals surface area (Å²) >= 11 is 0. The second-order valence-electron chi connectivity index (χ2n) is 4.39. The molecule has 3 N–H and O–H groups in total.